The van der Waals surface area contributed by atoms with Crippen molar-refractivity contribution < 1.29 is 5.11 Å². The summed E-state index contributed by atoms with van der Waals surface area (Å²) in [5.74, 6) is 1.29. The van der Waals surface area contributed by atoms with E-state index in [1.807, 2.05) is 6.07 Å². The molecule has 1 aromatic rings. The van der Waals surface area contributed by atoms with Crippen LogP contribution in [0, 0.1) is 11.8 Å². The van der Waals surface area contributed by atoms with E-state index in [4.69, 9.17) is 0 Å². The van der Waals surface area contributed by atoms with Gasteiger partial charge in [-0.05, 0) is 35.3 Å². The fourth-order valence-electron chi connectivity index (χ4n) is 3.13. The number of fused-ring (bicyclic) bond motifs is 1. The van der Waals surface area contributed by atoms with Gasteiger partial charge in [0, 0.05) is 0 Å². The van der Waals surface area contributed by atoms with E-state index in [0.29, 0.717) is 17.8 Å². The van der Waals surface area contributed by atoms with Gasteiger partial charge in [0.1, 0.15) is 0 Å². The van der Waals surface area contributed by atoms with Crippen molar-refractivity contribution in [2.24, 2.45) is 11.8 Å². The SMILES string of the molecule is CC(C)C[C@@]1(O)c2ccccc2[C@@H](C)[C@H]1C. The smallest absolute Gasteiger partial charge is 0.0932 e. The first-order valence-corrected chi connectivity index (χ1v) is 6.28. The first-order valence-electron chi connectivity index (χ1n) is 6.28. The van der Waals surface area contributed by atoms with Crippen LogP contribution in [0.15, 0.2) is 24.3 Å². The lowest BCUT2D eigenvalue weighted by molar-refractivity contribution is -0.0291. The van der Waals surface area contributed by atoms with Crippen molar-refractivity contribution in [2.45, 2.75) is 45.6 Å². The Hall–Kier alpha value is -0.820. The second-order valence-electron chi connectivity index (χ2n) is 5.69. The molecule has 1 aliphatic rings. The monoisotopic (exact) mass is 218 g/mol. The Balaban J connectivity index is 2.47. The van der Waals surface area contributed by atoms with E-state index in [1.54, 1.807) is 0 Å². The fraction of sp³-hybridized carbons (Fsp3) is 0.600. The molecule has 1 nitrogen and oxygen atoms in total. The zero-order chi connectivity index (χ0) is 11.9. The number of benzene rings is 1. The predicted octanol–water partition coefficient (Wildman–Crippen LogP) is 3.67. The molecule has 16 heavy (non-hydrogen) atoms. The molecule has 88 valence electrons. The lowest BCUT2D eigenvalue weighted by Gasteiger charge is -2.32. The van der Waals surface area contributed by atoms with E-state index in [0.717, 1.165) is 12.0 Å². The Bertz CT molecular complexity index is 383. The number of hydrogen-bond acceptors (Lipinski definition) is 1. The van der Waals surface area contributed by atoms with Gasteiger partial charge < -0.3 is 5.11 Å². The molecule has 0 unspecified atom stereocenters. The van der Waals surface area contributed by atoms with Gasteiger partial charge in [-0.3, -0.25) is 0 Å². The highest BCUT2D eigenvalue weighted by molar-refractivity contribution is 5.41. The minimum absolute atomic E-state index is 0.312. The number of aliphatic hydroxyl groups is 1. The minimum atomic E-state index is -0.621. The summed E-state index contributed by atoms with van der Waals surface area (Å²) in [6.45, 7) is 8.75. The van der Waals surface area contributed by atoms with Crippen LogP contribution in [0.5, 0.6) is 0 Å². The third-order valence-electron chi connectivity index (χ3n) is 4.14. The zero-order valence-corrected chi connectivity index (χ0v) is 10.7. The normalized spacial score (nSPS) is 33.1. The largest absolute Gasteiger partial charge is 0.385 e. The van der Waals surface area contributed by atoms with Gasteiger partial charge in [-0.15, -0.1) is 0 Å². The van der Waals surface area contributed by atoms with Crippen LogP contribution in [0.1, 0.15) is 51.2 Å². The summed E-state index contributed by atoms with van der Waals surface area (Å²) in [5, 5.41) is 11.0. The van der Waals surface area contributed by atoms with Crippen LogP contribution in [0.25, 0.3) is 0 Å². The predicted molar refractivity (Wildman–Crippen MR) is 67.4 cm³/mol. The third-order valence-corrected chi connectivity index (χ3v) is 4.14. The lowest BCUT2D eigenvalue weighted by atomic mass is 9.79. The molecule has 2 rings (SSSR count). The molecule has 1 N–H and O–H groups in total. The molecule has 0 fully saturated rings. The van der Waals surface area contributed by atoms with Crippen LogP contribution < -0.4 is 0 Å². The lowest BCUT2D eigenvalue weighted by Crippen LogP contribution is -2.32. The van der Waals surface area contributed by atoms with Crippen molar-refractivity contribution in [3.8, 4) is 0 Å². The fourth-order valence-corrected chi connectivity index (χ4v) is 3.13. The summed E-state index contributed by atoms with van der Waals surface area (Å²) in [6, 6.07) is 8.37. The number of rotatable bonds is 2. The molecular weight excluding hydrogens is 196 g/mol. The molecule has 0 saturated carbocycles. The average Bonchev–Trinajstić information content (AvgIpc) is 2.42. The summed E-state index contributed by atoms with van der Waals surface area (Å²) >= 11 is 0. The molecule has 0 radical (unpaired) electrons. The maximum absolute atomic E-state index is 11.0. The van der Waals surface area contributed by atoms with Gasteiger partial charge >= 0.3 is 0 Å². The molecule has 0 saturated heterocycles. The van der Waals surface area contributed by atoms with E-state index in [9.17, 15) is 5.11 Å². The van der Waals surface area contributed by atoms with Crippen molar-refractivity contribution in [2.75, 3.05) is 0 Å². The molecule has 0 spiro atoms. The van der Waals surface area contributed by atoms with Gasteiger partial charge in [-0.25, -0.2) is 0 Å². The Morgan fingerprint density at radius 1 is 1.25 bits per heavy atom. The molecule has 1 aromatic carbocycles. The highest BCUT2D eigenvalue weighted by Gasteiger charge is 2.46. The third kappa shape index (κ3) is 1.58. The minimum Gasteiger partial charge on any atom is -0.385 e. The van der Waals surface area contributed by atoms with Crippen LogP contribution in [-0.4, -0.2) is 5.11 Å². The van der Waals surface area contributed by atoms with Crippen molar-refractivity contribution in [3.05, 3.63) is 35.4 Å². The summed E-state index contributed by atoms with van der Waals surface area (Å²) in [4.78, 5) is 0. The molecule has 0 aromatic heterocycles. The standard InChI is InChI=1S/C15H22O/c1-10(2)9-15(16)12(4)11(3)13-7-5-6-8-14(13)15/h5-8,10-12,16H,9H2,1-4H3/t11-,12+,15-/m0/s1. The maximum atomic E-state index is 11.0. The highest BCUT2D eigenvalue weighted by Crippen LogP contribution is 2.51. The van der Waals surface area contributed by atoms with Crippen LogP contribution in [0.4, 0.5) is 0 Å². The average molecular weight is 218 g/mol. The topological polar surface area (TPSA) is 20.2 Å². The van der Waals surface area contributed by atoms with Gasteiger partial charge in [0.25, 0.3) is 0 Å². The first kappa shape index (κ1) is 11.7. The van der Waals surface area contributed by atoms with Gasteiger partial charge in [-0.2, -0.15) is 0 Å². The summed E-state index contributed by atoms with van der Waals surface area (Å²) in [5.41, 5.74) is 1.87. The van der Waals surface area contributed by atoms with E-state index >= 15 is 0 Å². The first-order chi connectivity index (χ1) is 7.47. The number of hydrogen-bond donors (Lipinski definition) is 1. The van der Waals surface area contributed by atoms with Crippen molar-refractivity contribution in [1.82, 2.24) is 0 Å². The molecule has 1 aliphatic carbocycles. The Labute approximate surface area is 98.5 Å². The van der Waals surface area contributed by atoms with E-state index in [-0.39, 0.29) is 0 Å². The van der Waals surface area contributed by atoms with Crippen LogP contribution >= 0.6 is 0 Å². The van der Waals surface area contributed by atoms with Gasteiger partial charge in [0.05, 0.1) is 5.60 Å². The van der Waals surface area contributed by atoms with Gasteiger partial charge in [0.15, 0.2) is 0 Å². The van der Waals surface area contributed by atoms with Gasteiger partial charge in [-0.1, -0.05) is 52.0 Å². The van der Waals surface area contributed by atoms with Crippen molar-refractivity contribution >= 4 is 0 Å². The molecule has 0 heterocycles. The molecule has 0 bridgehead atoms. The summed E-state index contributed by atoms with van der Waals surface area (Å²) in [6.07, 6.45) is 0.857. The van der Waals surface area contributed by atoms with Crippen molar-refractivity contribution in [1.29, 1.82) is 0 Å². The second-order valence-corrected chi connectivity index (χ2v) is 5.69. The highest BCUT2D eigenvalue weighted by atomic mass is 16.3. The Morgan fingerprint density at radius 3 is 2.50 bits per heavy atom. The molecule has 0 amide bonds. The van der Waals surface area contributed by atoms with Crippen molar-refractivity contribution in [3.63, 3.8) is 0 Å². The van der Waals surface area contributed by atoms with Crippen LogP contribution in [-0.2, 0) is 5.60 Å². The quantitative estimate of drug-likeness (QED) is 0.803. The molecule has 1 heteroatoms. The Morgan fingerprint density at radius 2 is 1.88 bits per heavy atom. The van der Waals surface area contributed by atoms with E-state index in [2.05, 4.69) is 45.9 Å². The maximum Gasteiger partial charge on any atom is 0.0932 e. The zero-order valence-electron chi connectivity index (χ0n) is 10.7. The molecule has 0 aliphatic heterocycles. The second kappa shape index (κ2) is 3.89. The van der Waals surface area contributed by atoms with Gasteiger partial charge in [0.2, 0.25) is 0 Å². The molecule has 3 atom stereocenters. The van der Waals surface area contributed by atoms with E-state index in [1.165, 1.54) is 5.56 Å². The summed E-state index contributed by atoms with van der Waals surface area (Å²) < 4.78 is 0. The summed E-state index contributed by atoms with van der Waals surface area (Å²) in [7, 11) is 0. The van der Waals surface area contributed by atoms with Crippen LogP contribution in [0.3, 0.4) is 0 Å². The van der Waals surface area contributed by atoms with E-state index < -0.39 is 5.60 Å². The van der Waals surface area contributed by atoms with Crippen LogP contribution in [0.2, 0.25) is 0 Å². The Kier molecular flexibility index (Phi) is 2.83. The molecular formula is C15H22O.